The molecule has 0 radical (unpaired) electrons. The summed E-state index contributed by atoms with van der Waals surface area (Å²) in [7, 11) is 2.20. The Morgan fingerprint density at radius 3 is 2.33 bits per heavy atom. The van der Waals surface area contributed by atoms with Gasteiger partial charge in [-0.15, -0.1) is 0 Å². The molecule has 1 heterocycles. The Labute approximate surface area is 112 Å². The lowest BCUT2D eigenvalue weighted by molar-refractivity contribution is 0.313. The van der Waals surface area contributed by atoms with Crippen molar-refractivity contribution in [3.05, 3.63) is 29.3 Å². The summed E-state index contributed by atoms with van der Waals surface area (Å²) in [5.41, 5.74) is 4.34. The fourth-order valence-corrected chi connectivity index (χ4v) is 2.61. The summed E-state index contributed by atoms with van der Waals surface area (Å²) in [4.78, 5) is 4.91. The molecule has 1 aromatic rings. The SMILES string of the molecule is Cc1cc(N2CCN(C)CC2)ccc1CC(C)C. The highest BCUT2D eigenvalue weighted by molar-refractivity contribution is 5.51. The second-order valence-electron chi connectivity index (χ2n) is 6.00. The van der Waals surface area contributed by atoms with Crippen LogP contribution in [0.25, 0.3) is 0 Å². The van der Waals surface area contributed by atoms with Gasteiger partial charge in [-0.05, 0) is 49.6 Å². The molecule has 0 bridgehead atoms. The normalized spacial score (nSPS) is 17.5. The van der Waals surface area contributed by atoms with Crippen LogP contribution in [0.5, 0.6) is 0 Å². The van der Waals surface area contributed by atoms with Crippen LogP contribution >= 0.6 is 0 Å². The van der Waals surface area contributed by atoms with E-state index in [2.05, 4.69) is 55.8 Å². The maximum atomic E-state index is 2.51. The second kappa shape index (κ2) is 5.75. The van der Waals surface area contributed by atoms with Gasteiger partial charge < -0.3 is 9.80 Å². The van der Waals surface area contributed by atoms with Crippen LogP contribution in [-0.2, 0) is 6.42 Å². The molecule has 0 amide bonds. The van der Waals surface area contributed by atoms with Gasteiger partial charge in [-0.1, -0.05) is 19.9 Å². The first-order valence-electron chi connectivity index (χ1n) is 7.09. The van der Waals surface area contributed by atoms with E-state index in [0.717, 1.165) is 19.0 Å². The Bertz CT molecular complexity index is 390. The number of piperazine rings is 1. The lowest BCUT2D eigenvalue weighted by Gasteiger charge is -2.34. The van der Waals surface area contributed by atoms with Crippen LogP contribution in [0.4, 0.5) is 5.69 Å². The summed E-state index contributed by atoms with van der Waals surface area (Å²) < 4.78 is 0. The summed E-state index contributed by atoms with van der Waals surface area (Å²) in [5.74, 6) is 0.734. The second-order valence-corrected chi connectivity index (χ2v) is 6.00. The van der Waals surface area contributed by atoms with E-state index in [4.69, 9.17) is 0 Å². The number of likely N-dealkylation sites (N-methyl/N-ethyl adjacent to an activating group) is 1. The molecule has 0 atom stereocenters. The molecule has 0 saturated carbocycles. The van der Waals surface area contributed by atoms with E-state index in [1.165, 1.54) is 36.3 Å². The number of nitrogens with zero attached hydrogens (tertiary/aromatic N) is 2. The molecule has 0 spiro atoms. The third kappa shape index (κ3) is 3.26. The highest BCUT2D eigenvalue weighted by Gasteiger charge is 2.14. The lowest BCUT2D eigenvalue weighted by atomic mass is 9.98. The molecule has 1 saturated heterocycles. The number of anilines is 1. The summed E-state index contributed by atoms with van der Waals surface area (Å²) >= 11 is 0. The highest BCUT2D eigenvalue weighted by atomic mass is 15.2. The summed E-state index contributed by atoms with van der Waals surface area (Å²) in [6.45, 7) is 11.5. The van der Waals surface area contributed by atoms with E-state index in [0.29, 0.717) is 0 Å². The van der Waals surface area contributed by atoms with Gasteiger partial charge in [0.05, 0.1) is 0 Å². The van der Waals surface area contributed by atoms with Crippen molar-refractivity contribution < 1.29 is 0 Å². The third-order valence-electron chi connectivity index (χ3n) is 3.82. The summed E-state index contributed by atoms with van der Waals surface area (Å²) in [5, 5.41) is 0. The fourth-order valence-electron chi connectivity index (χ4n) is 2.61. The lowest BCUT2D eigenvalue weighted by Crippen LogP contribution is -2.44. The maximum Gasteiger partial charge on any atom is 0.0369 e. The van der Waals surface area contributed by atoms with Crippen molar-refractivity contribution in [2.24, 2.45) is 5.92 Å². The van der Waals surface area contributed by atoms with E-state index in [9.17, 15) is 0 Å². The van der Waals surface area contributed by atoms with Crippen molar-refractivity contribution in [1.82, 2.24) is 4.90 Å². The van der Waals surface area contributed by atoms with Crippen molar-refractivity contribution in [3.8, 4) is 0 Å². The van der Waals surface area contributed by atoms with Crippen LogP contribution in [0, 0.1) is 12.8 Å². The van der Waals surface area contributed by atoms with Gasteiger partial charge in [-0.2, -0.15) is 0 Å². The molecule has 18 heavy (non-hydrogen) atoms. The molecule has 2 nitrogen and oxygen atoms in total. The van der Waals surface area contributed by atoms with E-state index >= 15 is 0 Å². The molecule has 1 aliphatic heterocycles. The van der Waals surface area contributed by atoms with E-state index in [1.54, 1.807) is 0 Å². The molecule has 0 aliphatic carbocycles. The molecule has 0 aromatic heterocycles. The van der Waals surface area contributed by atoms with Crippen molar-refractivity contribution in [1.29, 1.82) is 0 Å². The number of benzene rings is 1. The topological polar surface area (TPSA) is 6.48 Å². The minimum absolute atomic E-state index is 0.734. The minimum Gasteiger partial charge on any atom is -0.369 e. The standard InChI is InChI=1S/C16H26N2/c1-13(2)11-15-5-6-16(12-14(15)3)18-9-7-17(4)8-10-18/h5-6,12-13H,7-11H2,1-4H3. The molecular weight excluding hydrogens is 220 g/mol. The Morgan fingerprint density at radius 2 is 1.78 bits per heavy atom. The molecular formula is C16H26N2. The summed E-state index contributed by atoms with van der Waals surface area (Å²) in [6.07, 6.45) is 1.19. The molecule has 0 unspecified atom stereocenters. The van der Waals surface area contributed by atoms with Gasteiger partial charge >= 0.3 is 0 Å². The molecule has 1 aromatic carbocycles. The average molecular weight is 246 g/mol. The van der Waals surface area contributed by atoms with Gasteiger partial charge in [0.25, 0.3) is 0 Å². The Balaban J connectivity index is 2.08. The Morgan fingerprint density at radius 1 is 1.11 bits per heavy atom. The Hall–Kier alpha value is -1.02. The van der Waals surface area contributed by atoms with Crippen molar-refractivity contribution in [2.45, 2.75) is 27.2 Å². The zero-order valence-corrected chi connectivity index (χ0v) is 12.2. The smallest absolute Gasteiger partial charge is 0.0369 e. The van der Waals surface area contributed by atoms with Gasteiger partial charge in [0, 0.05) is 31.9 Å². The van der Waals surface area contributed by atoms with E-state index in [1.807, 2.05) is 0 Å². The number of aryl methyl sites for hydroxylation is 1. The largest absolute Gasteiger partial charge is 0.369 e. The fraction of sp³-hybridized carbons (Fsp3) is 0.625. The van der Waals surface area contributed by atoms with Crippen LogP contribution in [0.15, 0.2) is 18.2 Å². The third-order valence-corrected chi connectivity index (χ3v) is 3.82. The quantitative estimate of drug-likeness (QED) is 0.809. The number of rotatable bonds is 3. The Kier molecular flexibility index (Phi) is 4.28. The first-order valence-corrected chi connectivity index (χ1v) is 7.09. The monoisotopic (exact) mass is 246 g/mol. The average Bonchev–Trinajstić information content (AvgIpc) is 2.32. The van der Waals surface area contributed by atoms with Gasteiger partial charge in [-0.3, -0.25) is 0 Å². The van der Waals surface area contributed by atoms with Crippen LogP contribution in [0.3, 0.4) is 0 Å². The molecule has 1 fully saturated rings. The van der Waals surface area contributed by atoms with Crippen LogP contribution in [-0.4, -0.2) is 38.1 Å². The van der Waals surface area contributed by atoms with E-state index < -0.39 is 0 Å². The molecule has 0 N–H and O–H groups in total. The first kappa shape index (κ1) is 13.4. The molecule has 1 aliphatic rings. The minimum atomic E-state index is 0.734. The zero-order valence-electron chi connectivity index (χ0n) is 12.2. The predicted molar refractivity (Wildman–Crippen MR) is 79.4 cm³/mol. The van der Waals surface area contributed by atoms with Crippen LogP contribution < -0.4 is 4.90 Å². The van der Waals surface area contributed by atoms with Gasteiger partial charge in [0.1, 0.15) is 0 Å². The number of hydrogen-bond acceptors (Lipinski definition) is 2. The number of hydrogen-bond donors (Lipinski definition) is 0. The summed E-state index contributed by atoms with van der Waals surface area (Å²) in [6, 6.07) is 6.99. The van der Waals surface area contributed by atoms with Crippen molar-refractivity contribution in [2.75, 3.05) is 38.1 Å². The van der Waals surface area contributed by atoms with Crippen LogP contribution in [0.2, 0.25) is 0 Å². The van der Waals surface area contributed by atoms with Crippen LogP contribution in [0.1, 0.15) is 25.0 Å². The molecule has 2 rings (SSSR count). The first-order chi connectivity index (χ1) is 8.56. The zero-order chi connectivity index (χ0) is 13.1. The van der Waals surface area contributed by atoms with Crippen molar-refractivity contribution in [3.63, 3.8) is 0 Å². The van der Waals surface area contributed by atoms with Gasteiger partial charge in [-0.25, -0.2) is 0 Å². The molecule has 100 valence electrons. The van der Waals surface area contributed by atoms with Gasteiger partial charge in [0.15, 0.2) is 0 Å². The predicted octanol–water partition coefficient (Wildman–Crippen LogP) is 2.95. The van der Waals surface area contributed by atoms with E-state index in [-0.39, 0.29) is 0 Å². The van der Waals surface area contributed by atoms with Gasteiger partial charge in [0.2, 0.25) is 0 Å². The highest BCUT2D eigenvalue weighted by Crippen LogP contribution is 2.22. The van der Waals surface area contributed by atoms with Crippen molar-refractivity contribution >= 4 is 5.69 Å². The molecule has 2 heteroatoms. The maximum absolute atomic E-state index is 2.51.